The third kappa shape index (κ3) is 4.87. The highest BCUT2D eigenvalue weighted by molar-refractivity contribution is 4.89. The molecule has 1 aliphatic rings. The molecule has 0 heterocycles. The zero-order valence-electron chi connectivity index (χ0n) is 12.7. The van der Waals surface area contributed by atoms with Crippen molar-refractivity contribution in [3.05, 3.63) is 0 Å². The van der Waals surface area contributed by atoms with E-state index in [9.17, 15) is 0 Å². The van der Waals surface area contributed by atoms with Crippen LogP contribution in [0.4, 0.5) is 0 Å². The van der Waals surface area contributed by atoms with E-state index in [-0.39, 0.29) is 0 Å². The molecule has 1 saturated carbocycles. The van der Waals surface area contributed by atoms with E-state index < -0.39 is 0 Å². The molecule has 0 spiro atoms. The Balaban J connectivity index is 2.61. The topological polar surface area (TPSA) is 38.5 Å². The Morgan fingerprint density at radius 1 is 1.33 bits per heavy atom. The summed E-state index contributed by atoms with van der Waals surface area (Å²) in [4.78, 5) is 2.57. The van der Waals surface area contributed by atoms with Crippen LogP contribution in [0.5, 0.6) is 0 Å². The fraction of sp³-hybridized carbons (Fsp3) is 1.00. The molecule has 108 valence electrons. The maximum atomic E-state index is 6.36. The van der Waals surface area contributed by atoms with Crippen molar-refractivity contribution in [1.82, 2.24) is 4.90 Å². The predicted octanol–water partition coefficient (Wildman–Crippen LogP) is 2.50. The van der Waals surface area contributed by atoms with Crippen LogP contribution in [0.2, 0.25) is 0 Å². The normalized spacial score (nSPS) is 29.2. The van der Waals surface area contributed by atoms with Gasteiger partial charge in [-0.15, -0.1) is 0 Å². The van der Waals surface area contributed by atoms with Crippen LogP contribution in [0.25, 0.3) is 0 Å². The van der Waals surface area contributed by atoms with Gasteiger partial charge in [-0.2, -0.15) is 0 Å². The molecule has 0 bridgehead atoms. The van der Waals surface area contributed by atoms with Crippen LogP contribution in [0.1, 0.15) is 46.5 Å². The average molecular weight is 256 g/mol. The Hall–Kier alpha value is -0.120. The molecular weight excluding hydrogens is 224 g/mol. The van der Waals surface area contributed by atoms with Gasteiger partial charge < -0.3 is 10.5 Å². The molecule has 0 aromatic heterocycles. The number of hydrogen-bond acceptors (Lipinski definition) is 3. The third-order valence-corrected chi connectivity index (χ3v) is 4.21. The third-order valence-electron chi connectivity index (χ3n) is 4.21. The van der Waals surface area contributed by atoms with E-state index in [4.69, 9.17) is 10.5 Å². The summed E-state index contributed by atoms with van der Waals surface area (Å²) in [7, 11) is 1.78. The lowest BCUT2D eigenvalue weighted by Gasteiger charge is -2.42. The van der Waals surface area contributed by atoms with E-state index in [1.165, 1.54) is 25.7 Å². The lowest BCUT2D eigenvalue weighted by molar-refractivity contribution is 0.0683. The number of nitrogens with zero attached hydrogens (tertiary/aromatic N) is 1. The Bertz CT molecular complexity index is 221. The van der Waals surface area contributed by atoms with E-state index in [1.807, 2.05) is 0 Å². The van der Waals surface area contributed by atoms with Crippen LogP contribution >= 0.6 is 0 Å². The molecule has 1 aliphatic carbocycles. The van der Waals surface area contributed by atoms with E-state index in [0.717, 1.165) is 25.6 Å². The van der Waals surface area contributed by atoms with Crippen molar-refractivity contribution in [1.29, 1.82) is 0 Å². The fourth-order valence-electron chi connectivity index (χ4n) is 3.12. The van der Waals surface area contributed by atoms with Gasteiger partial charge in [-0.25, -0.2) is 0 Å². The van der Waals surface area contributed by atoms with E-state index in [1.54, 1.807) is 7.11 Å². The Morgan fingerprint density at radius 3 is 2.61 bits per heavy atom. The number of nitrogens with two attached hydrogens (primary N) is 1. The zero-order valence-corrected chi connectivity index (χ0v) is 12.7. The summed E-state index contributed by atoms with van der Waals surface area (Å²) >= 11 is 0. The summed E-state index contributed by atoms with van der Waals surface area (Å²) in [5, 5.41) is 0. The monoisotopic (exact) mass is 256 g/mol. The van der Waals surface area contributed by atoms with E-state index >= 15 is 0 Å². The van der Waals surface area contributed by atoms with Gasteiger partial charge in [0.2, 0.25) is 0 Å². The smallest absolute Gasteiger partial charge is 0.0589 e. The summed E-state index contributed by atoms with van der Waals surface area (Å²) in [5.74, 6) is 1.56. The van der Waals surface area contributed by atoms with Crippen molar-refractivity contribution in [2.24, 2.45) is 17.6 Å². The highest BCUT2D eigenvalue weighted by Crippen LogP contribution is 2.29. The zero-order chi connectivity index (χ0) is 13.5. The van der Waals surface area contributed by atoms with Gasteiger partial charge in [-0.05, 0) is 31.1 Å². The van der Waals surface area contributed by atoms with Crippen LogP contribution in [0.15, 0.2) is 0 Å². The standard InChI is InChI=1S/C15H32N2O/c1-5-13-6-7-14(16)15(10-13)17(8-9-18-4)11-12(2)3/h12-15H,5-11,16H2,1-4H3. The molecule has 3 nitrogen and oxygen atoms in total. The molecule has 1 fully saturated rings. The summed E-state index contributed by atoms with van der Waals surface area (Å²) < 4.78 is 5.25. The number of methoxy groups -OCH3 is 1. The first-order valence-electron chi connectivity index (χ1n) is 7.57. The number of ether oxygens (including phenoxy) is 1. The van der Waals surface area contributed by atoms with Crippen molar-refractivity contribution in [3.8, 4) is 0 Å². The Labute approximate surface area is 113 Å². The first-order chi connectivity index (χ1) is 8.58. The highest BCUT2D eigenvalue weighted by atomic mass is 16.5. The van der Waals surface area contributed by atoms with E-state index in [2.05, 4.69) is 25.7 Å². The van der Waals surface area contributed by atoms with Gasteiger partial charge in [0.15, 0.2) is 0 Å². The molecule has 0 saturated heterocycles. The molecule has 1 rings (SSSR count). The molecule has 18 heavy (non-hydrogen) atoms. The summed E-state index contributed by atoms with van der Waals surface area (Å²) in [6.07, 6.45) is 5.07. The van der Waals surface area contributed by atoms with Gasteiger partial charge >= 0.3 is 0 Å². The highest BCUT2D eigenvalue weighted by Gasteiger charge is 2.31. The second kappa shape index (κ2) is 8.13. The largest absolute Gasteiger partial charge is 0.383 e. The second-order valence-corrected chi connectivity index (χ2v) is 6.20. The van der Waals surface area contributed by atoms with Gasteiger partial charge in [0.1, 0.15) is 0 Å². The van der Waals surface area contributed by atoms with Gasteiger partial charge in [0, 0.05) is 32.3 Å². The molecule has 0 amide bonds. The van der Waals surface area contributed by atoms with Gasteiger partial charge in [0.05, 0.1) is 6.61 Å². The molecule has 3 unspecified atom stereocenters. The SMILES string of the molecule is CCC1CCC(N)C(N(CCOC)CC(C)C)C1. The van der Waals surface area contributed by atoms with E-state index in [0.29, 0.717) is 18.0 Å². The van der Waals surface area contributed by atoms with Gasteiger partial charge in [-0.1, -0.05) is 27.2 Å². The molecule has 0 aliphatic heterocycles. The number of rotatable bonds is 7. The maximum Gasteiger partial charge on any atom is 0.0589 e. The van der Waals surface area contributed by atoms with Gasteiger partial charge in [-0.3, -0.25) is 4.90 Å². The van der Waals surface area contributed by atoms with Crippen LogP contribution in [0.3, 0.4) is 0 Å². The van der Waals surface area contributed by atoms with Crippen LogP contribution in [-0.4, -0.2) is 43.8 Å². The minimum atomic E-state index is 0.350. The summed E-state index contributed by atoms with van der Waals surface area (Å²) in [6, 6.07) is 0.907. The molecule has 3 heteroatoms. The molecule has 0 aromatic carbocycles. The lowest BCUT2D eigenvalue weighted by Crippen LogP contribution is -2.53. The minimum Gasteiger partial charge on any atom is -0.383 e. The predicted molar refractivity (Wildman–Crippen MR) is 77.7 cm³/mol. The van der Waals surface area contributed by atoms with Crippen molar-refractivity contribution >= 4 is 0 Å². The fourth-order valence-corrected chi connectivity index (χ4v) is 3.12. The Kier molecular flexibility index (Phi) is 7.20. The maximum absolute atomic E-state index is 6.36. The van der Waals surface area contributed by atoms with Gasteiger partial charge in [0.25, 0.3) is 0 Å². The first kappa shape index (κ1) is 15.9. The van der Waals surface area contributed by atoms with Crippen LogP contribution in [0, 0.1) is 11.8 Å². The van der Waals surface area contributed by atoms with Crippen molar-refractivity contribution < 1.29 is 4.74 Å². The molecule has 0 radical (unpaired) electrons. The average Bonchev–Trinajstić information content (AvgIpc) is 2.35. The molecule has 0 aromatic rings. The quantitative estimate of drug-likeness (QED) is 0.760. The van der Waals surface area contributed by atoms with Crippen LogP contribution in [-0.2, 0) is 4.74 Å². The van der Waals surface area contributed by atoms with Crippen molar-refractivity contribution in [2.45, 2.75) is 58.5 Å². The summed E-state index contributed by atoms with van der Waals surface area (Å²) in [5.41, 5.74) is 6.36. The first-order valence-corrected chi connectivity index (χ1v) is 7.57. The summed E-state index contributed by atoms with van der Waals surface area (Å²) in [6.45, 7) is 9.84. The minimum absolute atomic E-state index is 0.350. The number of hydrogen-bond donors (Lipinski definition) is 1. The Morgan fingerprint density at radius 2 is 2.06 bits per heavy atom. The van der Waals surface area contributed by atoms with Crippen LogP contribution < -0.4 is 5.73 Å². The van der Waals surface area contributed by atoms with Crippen molar-refractivity contribution in [3.63, 3.8) is 0 Å². The van der Waals surface area contributed by atoms with Crippen molar-refractivity contribution in [2.75, 3.05) is 26.8 Å². The molecule has 2 N–H and O–H groups in total. The lowest BCUT2D eigenvalue weighted by atomic mass is 9.80. The molecular formula is C15H32N2O. The second-order valence-electron chi connectivity index (χ2n) is 6.20. The molecule has 3 atom stereocenters.